The van der Waals surface area contributed by atoms with Crippen LogP contribution in [0.15, 0.2) is 84.9 Å². The van der Waals surface area contributed by atoms with E-state index in [1.807, 2.05) is 0 Å². The highest BCUT2D eigenvalue weighted by atomic mass is 31.1. The summed E-state index contributed by atoms with van der Waals surface area (Å²) in [6.07, 6.45) is 9.03. The van der Waals surface area contributed by atoms with Gasteiger partial charge in [0.1, 0.15) is 0 Å². The Morgan fingerprint density at radius 3 is 1.65 bits per heavy atom. The predicted molar refractivity (Wildman–Crippen MR) is 184 cm³/mol. The average Bonchev–Trinajstić information content (AvgIpc) is 2.96. The third-order valence-electron chi connectivity index (χ3n) is 6.43. The number of nitrogens with one attached hydrogen (secondary N) is 2. The van der Waals surface area contributed by atoms with Crippen LogP contribution >= 0.6 is 8.73 Å². The smallest absolute Gasteiger partial charge is 0.0370 e. The summed E-state index contributed by atoms with van der Waals surface area (Å²) in [4.78, 5) is 0. The fourth-order valence-corrected chi connectivity index (χ4v) is 5.00. The van der Waals surface area contributed by atoms with Gasteiger partial charge in [-0.2, -0.15) is 0 Å². The minimum absolute atomic E-state index is 0.484. The lowest BCUT2D eigenvalue weighted by molar-refractivity contribution is 0.452. The quantitative estimate of drug-likeness (QED) is 0.151. The van der Waals surface area contributed by atoms with E-state index in [4.69, 9.17) is 0 Å². The van der Waals surface area contributed by atoms with Gasteiger partial charge in [-0.25, -0.2) is 0 Å². The molecular formula is C37H59N2P. The van der Waals surface area contributed by atoms with Crippen LogP contribution in [0, 0.1) is 5.41 Å². The zero-order valence-corrected chi connectivity index (χ0v) is 27.9. The van der Waals surface area contributed by atoms with Crippen LogP contribution in [0.25, 0.3) is 0 Å². The number of anilines is 1. The molecule has 0 aromatic heterocycles. The van der Waals surface area contributed by atoms with Crippen molar-refractivity contribution >= 4 is 14.4 Å². The summed E-state index contributed by atoms with van der Waals surface area (Å²) in [5, 5.41) is 7.20. The molecule has 40 heavy (non-hydrogen) atoms. The molecule has 0 aliphatic rings. The molecule has 0 bridgehead atoms. The first kappa shape index (κ1) is 35.9. The van der Waals surface area contributed by atoms with Gasteiger partial charge in [0.25, 0.3) is 0 Å². The van der Waals surface area contributed by atoms with E-state index in [2.05, 4.69) is 151 Å². The number of unbranched alkanes of at least 4 members (excludes halogenated alkanes) is 2. The van der Waals surface area contributed by atoms with Crippen molar-refractivity contribution in [2.75, 3.05) is 11.2 Å². The van der Waals surface area contributed by atoms with Crippen LogP contribution in [-0.4, -0.2) is 12.2 Å². The Balaban J connectivity index is 0.000000359. The summed E-state index contributed by atoms with van der Waals surface area (Å²) in [6.45, 7) is 18.8. The van der Waals surface area contributed by atoms with E-state index in [0.717, 1.165) is 15.3 Å². The van der Waals surface area contributed by atoms with Gasteiger partial charge in [-0.15, -0.1) is 0 Å². The molecule has 3 aromatic carbocycles. The van der Waals surface area contributed by atoms with Crippen LogP contribution in [0.4, 0.5) is 5.69 Å². The monoisotopic (exact) mass is 562 g/mol. The predicted octanol–water partition coefficient (Wildman–Crippen LogP) is 11.4. The highest BCUT2D eigenvalue weighted by Gasteiger charge is 2.06. The van der Waals surface area contributed by atoms with Crippen molar-refractivity contribution in [3.05, 3.63) is 102 Å². The average molecular weight is 563 g/mol. The number of hydrogen-bond donors (Lipinski definition) is 2. The second-order valence-corrected chi connectivity index (χ2v) is 13.4. The molecule has 0 saturated carbocycles. The molecule has 0 spiro atoms. The Labute approximate surface area is 250 Å². The summed E-state index contributed by atoms with van der Waals surface area (Å²) >= 11 is 0. The lowest BCUT2D eigenvalue weighted by atomic mass is 9.93. The molecular weight excluding hydrogens is 503 g/mol. The van der Waals surface area contributed by atoms with Gasteiger partial charge in [-0.1, -0.05) is 147 Å². The van der Waals surface area contributed by atoms with E-state index in [0.29, 0.717) is 17.4 Å². The van der Waals surface area contributed by atoms with Crippen molar-refractivity contribution < 1.29 is 0 Å². The molecule has 3 rings (SSSR count). The first-order chi connectivity index (χ1) is 19.2. The minimum atomic E-state index is 0.484. The number of benzene rings is 3. The first-order valence-corrected chi connectivity index (χ1v) is 16.8. The molecule has 0 saturated heterocycles. The Morgan fingerprint density at radius 1 is 0.700 bits per heavy atom. The van der Waals surface area contributed by atoms with Crippen LogP contribution in [-0.2, 0) is 6.54 Å². The maximum Gasteiger partial charge on any atom is 0.0370 e. The van der Waals surface area contributed by atoms with Crippen LogP contribution < -0.4 is 10.4 Å². The van der Waals surface area contributed by atoms with Gasteiger partial charge in [0.15, 0.2) is 0 Å². The Bertz CT molecular complexity index is 919. The largest absolute Gasteiger partial charge is 0.367 e. The van der Waals surface area contributed by atoms with Crippen molar-refractivity contribution in [1.82, 2.24) is 5.32 Å². The lowest BCUT2D eigenvalue weighted by Gasteiger charge is -2.16. The van der Waals surface area contributed by atoms with Crippen LogP contribution in [0.5, 0.6) is 0 Å². The fraction of sp³-hybridized carbons (Fsp3) is 0.514. The molecule has 0 radical (unpaired) electrons. The third kappa shape index (κ3) is 18.2. The summed E-state index contributed by atoms with van der Waals surface area (Å²) < 4.78 is 0. The fourth-order valence-electron chi connectivity index (χ4n) is 3.97. The van der Waals surface area contributed by atoms with Crippen molar-refractivity contribution in [2.45, 2.75) is 112 Å². The normalized spacial score (nSPS) is 11.9. The molecule has 2 atom stereocenters. The van der Waals surface area contributed by atoms with Crippen molar-refractivity contribution in [3.8, 4) is 0 Å². The summed E-state index contributed by atoms with van der Waals surface area (Å²) in [7, 11) is 0.844. The highest BCUT2D eigenvalue weighted by Crippen LogP contribution is 2.23. The topological polar surface area (TPSA) is 24.1 Å². The summed E-state index contributed by atoms with van der Waals surface area (Å²) in [5.41, 5.74) is 5.89. The third-order valence-corrected chi connectivity index (χ3v) is 7.50. The molecule has 3 heteroatoms. The minimum Gasteiger partial charge on any atom is -0.367 e. The zero-order valence-electron chi connectivity index (χ0n) is 26.9. The maximum absolute atomic E-state index is 3.68. The van der Waals surface area contributed by atoms with E-state index in [-0.39, 0.29) is 0 Å². The van der Waals surface area contributed by atoms with Crippen molar-refractivity contribution in [2.24, 2.45) is 5.41 Å². The Morgan fingerprint density at radius 2 is 1.20 bits per heavy atom. The van der Waals surface area contributed by atoms with E-state index in [9.17, 15) is 0 Å². The molecule has 0 aliphatic heterocycles. The lowest BCUT2D eigenvalue weighted by Crippen LogP contribution is -2.27. The van der Waals surface area contributed by atoms with Crippen LogP contribution in [0.2, 0.25) is 0 Å². The van der Waals surface area contributed by atoms with E-state index in [1.165, 1.54) is 67.1 Å². The molecule has 222 valence electrons. The van der Waals surface area contributed by atoms with E-state index in [1.54, 1.807) is 0 Å². The molecule has 0 heterocycles. The molecule has 0 aliphatic carbocycles. The summed E-state index contributed by atoms with van der Waals surface area (Å²) in [5.74, 6) is 0.484. The molecule has 2 N–H and O–H groups in total. The van der Waals surface area contributed by atoms with E-state index < -0.39 is 0 Å². The number of hydrogen-bond acceptors (Lipinski definition) is 2. The Kier molecular flexibility index (Phi) is 19.4. The van der Waals surface area contributed by atoms with Gasteiger partial charge in [-0.3, -0.25) is 0 Å². The number of rotatable bonds is 14. The van der Waals surface area contributed by atoms with Crippen LogP contribution in [0.1, 0.15) is 117 Å². The molecule has 2 unspecified atom stereocenters. The molecule has 3 aromatic rings. The first-order valence-electron chi connectivity index (χ1n) is 15.6. The second-order valence-electron chi connectivity index (χ2n) is 12.3. The standard InChI is InChI=1S/C18H33N2P.C14H14.C5H12/c1-4-7-9-17(6-3)19-15-16-10-12-18(13-11-16)20-21-14-8-5-2;1-12(13-8-4-2-5-9-13)14-10-6-3-7-11-14;1-5(2,3)4/h10-13,17,19-21H,4-9,14-15H2,1-3H3;2-12H,1H3;1-4H3. The van der Waals surface area contributed by atoms with E-state index >= 15 is 0 Å². The van der Waals surface area contributed by atoms with Gasteiger partial charge in [0.2, 0.25) is 0 Å². The molecule has 2 nitrogen and oxygen atoms in total. The van der Waals surface area contributed by atoms with Gasteiger partial charge in [0.05, 0.1) is 0 Å². The van der Waals surface area contributed by atoms with Crippen LogP contribution in [0.3, 0.4) is 0 Å². The maximum atomic E-state index is 3.68. The summed E-state index contributed by atoms with van der Waals surface area (Å²) in [6, 6.07) is 30.8. The zero-order chi connectivity index (χ0) is 29.6. The van der Waals surface area contributed by atoms with Gasteiger partial charge in [0, 0.05) is 24.2 Å². The van der Waals surface area contributed by atoms with Gasteiger partial charge < -0.3 is 10.4 Å². The molecule has 0 amide bonds. The van der Waals surface area contributed by atoms with Gasteiger partial charge >= 0.3 is 0 Å². The van der Waals surface area contributed by atoms with Gasteiger partial charge in [-0.05, 0) is 68.4 Å². The second kappa shape index (κ2) is 21.6. The van der Waals surface area contributed by atoms with Crippen molar-refractivity contribution in [3.63, 3.8) is 0 Å². The highest BCUT2D eigenvalue weighted by molar-refractivity contribution is 7.39. The molecule has 0 fully saturated rings. The Hall–Kier alpha value is -2.15. The SMILES string of the molecule is CC(C)(C)C.CC(c1ccccc1)c1ccccc1.CCCCPNc1ccc(CNC(CC)CCCC)cc1. The van der Waals surface area contributed by atoms with Crippen molar-refractivity contribution in [1.29, 1.82) is 0 Å².